The van der Waals surface area contributed by atoms with Crippen LogP contribution in [0.1, 0.15) is 89.0 Å². The molecule has 416 valence electrons. The van der Waals surface area contributed by atoms with Gasteiger partial charge in [0.25, 0.3) is 60.7 Å². The summed E-state index contributed by atoms with van der Waals surface area (Å²) in [5, 5.41) is 66.7. The number of aryl methyl sites for hydroxylation is 1. The lowest BCUT2D eigenvalue weighted by atomic mass is 9.89. The molecule has 0 bridgehead atoms. The maximum absolute atomic E-state index is 13.1. The lowest BCUT2D eigenvalue weighted by molar-refractivity contribution is 0.453. The van der Waals surface area contributed by atoms with Crippen molar-refractivity contribution in [2.45, 2.75) is 103 Å². The first-order valence-electron chi connectivity index (χ1n) is 21.8. The largest absolute Gasteiger partial charge is 0.508 e. The molecule has 0 aromatic heterocycles. The monoisotopic (exact) mass is 1190 g/mol. The fraction of sp³-hybridized carbons (Fsp3) is 0.234. The summed E-state index contributed by atoms with van der Waals surface area (Å²) in [6.45, 7) is 7.01. The van der Waals surface area contributed by atoms with Crippen LogP contribution in [-0.2, 0) is 92.8 Å². The number of rotatable bonds is 16. The third kappa shape index (κ3) is 12.0. The maximum Gasteiger partial charge on any atom is 0.294 e. The number of phenols is 6. The van der Waals surface area contributed by atoms with Gasteiger partial charge in [0.05, 0.1) is 29.4 Å². The molecule has 0 heterocycles. The third-order valence-electron chi connectivity index (χ3n) is 13.3. The minimum absolute atomic E-state index is 0.00740. The Morgan fingerprint density at radius 1 is 0.286 bits per heavy atom. The van der Waals surface area contributed by atoms with Gasteiger partial charge in [0, 0.05) is 32.1 Å². The van der Waals surface area contributed by atoms with Crippen molar-refractivity contribution in [2.24, 2.45) is 0 Å². The Morgan fingerprint density at radius 3 is 0.792 bits per heavy atom. The van der Waals surface area contributed by atoms with Gasteiger partial charge in [0.1, 0.15) is 34.5 Å². The Balaban J connectivity index is 1.47. The van der Waals surface area contributed by atoms with Crippen LogP contribution in [0.25, 0.3) is 0 Å². The Bertz CT molecular complexity index is 4240. The topological polar surface area (TPSA) is 448 Å². The minimum atomic E-state index is -5.42. The van der Waals surface area contributed by atoms with Crippen LogP contribution in [0.3, 0.4) is 0 Å². The molecule has 30 heteroatoms. The molecule has 0 aliphatic heterocycles. The molecule has 6 aromatic carbocycles. The molecule has 0 aliphatic rings. The second kappa shape index (κ2) is 20.4. The zero-order chi connectivity index (χ0) is 58.4. The minimum Gasteiger partial charge on any atom is -0.508 e. The lowest BCUT2D eigenvalue weighted by Gasteiger charge is -2.21. The van der Waals surface area contributed by atoms with Crippen LogP contribution < -0.4 is 0 Å². The highest BCUT2D eigenvalue weighted by molar-refractivity contribution is 7.87. The summed E-state index contributed by atoms with van der Waals surface area (Å²) in [4.78, 5) is -5.45. The van der Waals surface area contributed by atoms with E-state index in [1.54, 1.807) is 0 Å². The summed E-state index contributed by atoms with van der Waals surface area (Å²) in [6.07, 6.45) is -4.02. The Labute approximate surface area is 441 Å². The Kier molecular flexibility index (Phi) is 15.9. The van der Waals surface area contributed by atoms with Crippen LogP contribution in [-0.4, -0.2) is 108 Å². The summed E-state index contributed by atoms with van der Waals surface area (Å²) >= 11 is 0. The quantitative estimate of drug-likeness (QED) is 0.0554. The highest BCUT2D eigenvalue weighted by Crippen LogP contribution is 2.43. The number of hydrogen-bond donors (Lipinski definition) is 12. The first-order chi connectivity index (χ1) is 35.0. The van der Waals surface area contributed by atoms with Crippen LogP contribution in [0.15, 0.2) is 77.9 Å². The molecule has 6 rings (SSSR count). The molecule has 0 saturated heterocycles. The van der Waals surface area contributed by atoms with Gasteiger partial charge in [0.2, 0.25) is 0 Å². The molecule has 24 nitrogen and oxygen atoms in total. The summed E-state index contributed by atoms with van der Waals surface area (Å²) < 4.78 is 215. The molecule has 77 heavy (non-hydrogen) atoms. The number of benzene rings is 6. The molecule has 6 aromatic rings. The van der Waals surface area contributed by atoms with E-state index in [1.807, 2.05) is 0 Å². The van der Waals surface area contributed by atoms with Gasteiger partial charge in [-0.1, -0.05) is 0 Å². The van der Waals surface area contributed by atoms with Gasteiger partial charge in [-0.3, -0.25) is 27.3 Å². The molecular weight excluding hydrogens is 1140 g/mol. The number of aromatic hydroxyl groups is 6. The first kappa shape index (κ1) is 59.8. The fourth-order valence-corrected chi connectivity index (χ4v) is 14.0. The van der Waals surface area contributed by atoms with E-state index in [0.717, 1.165) is 58.0 Å². The van der Waals surface area contributed by atoms with E-state index in [9.17, 15) is 108 Å². The summed E-state index contributed by atoms with van der Waals surface area (Å²) in [6, 6.07) is 6.30. The van der Waals surface area contributed by atoms with Crippen molar-refractivity contribution < 1.29 is 108 Å². The van der Waals surface area contributed by atoms with Crippen molar-refractivity contribution in [3.05, 3.63) is 138 Å². The van der Waals surface area contributed by atoms with E-state index < -0.39 is 207 Å². The molecule has 0 amide bonds. The van der Waals surface area contributed by atoms with E-state index >= 15 is 0 Å². The van der Waals surface area contributed by atoms with E-state index in [-0.39, 0.29) is 38.9 Å². The molecule has 0 spiro atoms. The van der Waals surface area contributed by atoms with Gasteiger partial charge >= 0.3 is 0 Å². The van der Waals surface area contributed by atoms with Crippen LogP contribution in [0.4, 0.5) is 0 Å². The smallest absolute Gasteiger partial charge is 0.294 e. The van der Waals surface area contributed by atoms with Crippen molar-refractivity contribution in [3.8, 4) is 34.5 Å². The number of phenolic OH excluding ortho intramolecular Hbond substituents is 6. The van der Waals surface area contributed by atoms with Gasteiger partial charge in [-0.25, -0.2) is 0 Å². The van der Waals surface area contributed by atoms with Crippen LogP contribution in [0.2, 0.25) is 0 Å². The predicted octanol–water partition coefficient (Wildman–Crippen LogP) is 5.20. The van der Waals surface area contributed by atoms with Crippen molar-refractivity contribution >= 4 is 60.7 Å². The van der Waals surface area contributed by atoms with E-state index in [0.29, 0.717) is 18.2 Å². The van der Waals surface area contributed by atoms with Crippen LogP contribution in [0, 0.1) is 41.5 Å². The van der Waals surface area contributed by atoms with Crippen molar-refractivity contribution in [2.75, 3.05) is 0 Å². The normalized spacial score (nSPS) is 12.8. The molecule has 0 radical (unpaired) electrons. The van der Waals surface area contributed by atoms with Crippen LogP contribution in [0.5, 0.6) is 34.5 Å². The summed E-state index contributed by atoms with van der Waals surface area (Å²) in [5.74, 6) is -4.08. The van der Waals surface area contributed by atoms with Gasteiger partial charge < -0.3 is 30.6 Å². The molecule has 0 saturated carbocycles. The van der Waals surface area contributed by atoms with Crippen LogP contribution >= 0.6 is 0 Å². The summed E-state index contributed by atoms with van der Waals surface area (Å²) in [7, 11) is -31.5. The van der Waals surface area contributed by atoms with Gasteiger partial charge in [-0.2, -0.15) is 50.5 Å². The average Bonchev–Trinajstić information content (AvgIpc) is 3.27. The standard InChI is InChI=1S/C47H48O24S6/c1-20-9-39(73(57,58)59)26(15-37(20)49)10-32-22(3)44(50)28(17-40(32)74(60,61)62)12-34-24(5)46(52)30(19-42(34)76(66,67)68)14-35-25(6)47(53)29(18-43(35)77(69,70)71)13-33-23(4)45(51)27(16-41(33)75(63,64)65)11-31-21(2)36(48)7-8-38(31)72(54,55)56/h7-9,15-19,48-53H,10-14H2,1-6H3,(H,54,55,56)(H,57,58,59)(H,60,61,62)(H,63,64,65)(H,66,67,68)(H,69,70,71). The van der Waals surface area contributed by atoms with Gasteiger partial charge in [0.15, 0.2) is 0 Å². The second-order valence-corrected chi connectivity index (χ2v) is 26.5. The second-order valence-electron chi connectivity index (χ2n) is 18.1. The molecule has 0 unspecified atom stereocenters. The van der Waals surface area contributed by atoms with Crippen molar-refractivity contribution in [3.63, 3.8) is 0 Å². The fourth-order valence-electron chi connectivity index (χ4n) is 9.09. The average molecular weight is 1190 g/mol. The Hall–Kier alpha value is -6.42. The van der Waals surface area contributed by atoms with Gasteiger partial charge in [-0.05, 0) is 179 Å². The summed E-state index contributed by atoms with van der Waals surface area (Å²) in [5.41, 5.74) is -6.07. The zero-order valence-electron chi connectivity index (χ0n) is 40.9. The highest BCUT2D eigenvalue weighted by Gasteiger charge is 2.32. The predicted molar refractivity (Wildman–Crippen MR) is 270 cm³/mol. The molecule has 12 N–H and O–H groups in total. The lowest BCUT2D eigenvalue weighted by Crippen LogP contribution is -2.13. The maximum atomic E-state index is 13.1. The van der Waals surface area contributed by atoms with Crippen molar-refractivity contribution in [1.82, 2.24) is 0 Å². The van der Waals surface area contributed by atoms with Crippen molar-refractivity contribution in [1.29, 1.82) is 0 Å². The number of hydrogen-bond acceptors (Lipinski definition) is 18. The van der Waals surface area contributed by atoms with E-state index in [4.69, 9.17) is 0 Å². The molecular formula is C47H48O24S6. The van der Waals surface area contributed by atoms with E-state index in [2.05, 4.69) is 0 Å². The molecule has 0 fully saturated rings. The highest BCUT2D eigenvalue weighted by atomic mass is 32.2. The third-order valence-corrected chi connectivity index (χ3v) is 18.8. The molecule has 0 atom stereocenters. The Morgan fingerprint density at radius 2 is 0.532 bits per heavy atom. The zero-order valence-corrected chi connectivity index (χ0v) is 45.8. The van der Waals surface area contributed by atoms with E-state index in [1.165, 1.54) is 13.8 Å². The SMILES string of the molecule is Cc1cc(S(=O)(=O)O)c(Cc2c(S(=O)(=O)O)cc(Cc3c(S(=O)(=O)O)cc(Cc4c(S(=O)(=O)O)cc(Cc5c(S(=O)(=O)O)cc(Cc6c(S(=O)(=O)O)ccc(O)c6C)c(O)c5C)c(O)c4C)c(O)c3C)c(O)c2C)cc1O. The molecule has 0 aliphatic carbocycles. The van der Waals surface area contributed by atoms with Gasteiger partial charge in [-0.15, -0.1) is 0 Å². The first-order valence-corrected chi connectivity index (χ1v) is 30.5.